The lowest BCUT2D eigenvalue weighted by molar-refractivity contribution is -0.122. The molecule has 0 fully saturated rings. The molecule has 0 aromatic heterocycles. The Kier molecular flexibility index (Phi) is 3.95. The van der Waals surface area contributed by atoms with E-state index >= 15 is 0 Å². The van der Waals surface area contributed by atoms with E-state index in [0.717, 1.165) is 0 Å². The normalized spacial score (nSPS) is 10.4. The Bertz CT molecular complexity index is 163. The van der Waals surface area contributed by atoms with Crippen LogP contribution in [0.1, 0.15) is 6.92 Å². The molecule has 0 unspecified atom stereocenters. The van der Waals surface area contributed by atoms with Crippen LogP contribution in [0, 0.1) is 0 Å². The highest BCUT2D eigenvalue weighted by Gasteiger charge is 1.99. The molecule has 0 radical (unpaired) electrons. The third kappa shape index (κ3) is 2.86. The van der Waals surface area contributed by atoms with Gasteiger partial charge in [0.05, 0.1) is 0 Å². The Hall–Kier alpha value is -1.32. The molecule has 56 valence electrons. The summed E-state index contributed by atoms with van der Waals surface area (Å²) in [4.78, 5) is 20.4. The average Bonchev–Trinajstić information content (AvgIpc) is 1.89. The van der Waals surface area contributed by atoms with Crippen LogP contribution >= 0.6 is 0 Å². The van der Waals surface area contributed by atoms with Gasteiger partial charge < -0.3 is 5.32 Å². The molecule has 4 nitrogen and oxygen atoms in total. The highest BCUT2D eigenvalue weighted by Crippen LogP contribution is 1.86. The molecular formula is C6H10N2O2. The van der Waals surface area contributed by atoms with Gasteiger partial charge in [0.2, 0.25) is 6.41 Å². The first kappa shape index (κ1) is 8.68. The number of imide groups is 1. The van der Waals surface area contributed by atoms with Gasteiger partial charge in [-0.05, 0) is 6.92 Å². The molecule has 0 spiro atoms. The van der Waals surface area contributed by atoms with E-state index in [9.17, 15) is 9.59 Å². The highest BCUT2D eigenvalue weighted by atomic mass is 16.2. The quantitative estimate of drug-likeness (QED) is 0.408. The Labute approximate surface area is 59.3 Å². The standard InChI is InChI=1S/C6H10N2O2/c1-5(3-7-2)6(10)8-4-9/h3-4,7H,1-2H3,(H,8,9,10)/b5-3-. The molecule has 10 heavy (non-hydrogen) atoms. The van der Waals surface area contributed by atoms with E-state index in [4.69, 9.17) is 0 Å². The number of rotatable bonds is 3. The maximum Gasteiger partial charge on any atom is 0.254 e. The van der Waals surface area contributed by atoms with Gasteiger partial charge in [0, 0.05) is 18.8 Å². The van der Waals surface area contributed by atoms with Gasteiger partial charge in [0.25, 0.3) is 5.91 Å². The Balaban J connectivity index is 3.93. The summed E-state index contributed by atoms with van der Waals surface area (Å²) in [5.74, 6) is -0.385. The maximum absolute atomic E-state index is 10.7. The van der Waals surface area contributed by atoms with Crippen LogP contribution in [0.25, 0.3) is 0 Å². The summed E-state index contributed by atoms with van der Waals surface area (Å²) in [5, 5.41) is 4.67. The lowest BCUT2D eigenvalue weighted by atomic mass is 10.3. The minimum absolute atomic E-state index is 0.356. The monoisotopic (exact) mass is 142 g/mol. The zero-order chi connectivity index (χ0) is 7.98. The first-order valence-corrected chi connectivity index (χ1v) is 2.81. The summed E-state index contributed by atoms with van der Waals surface area (Å²) in [6, 6.07) is 0. The molecule has 0 atom stereocenters. The summed E-state index contributed by atoms with van der Waals surface area (Å²) >= 11 is 0. The number of carbonyl (C=O) groups excluding carboxylic acids is 2. The van der Waals surface area contributed by atoms with E-state index in [1.165, 1.54) is 6.20 Å². The highest BCUT2D eigenvalue weighted by molar-refractivity contribution is 5.98. The van der Waals surface area contributed by atoms with Crippen molar-refractivity contribution in [1.82, 2.24) is 10.6 Å². The molecule has 0 saturated heterocycles. The Morgan fingerprint density at radius 1 is 1.50 bits per heavy atom. The van der Waals surface area contributed by atoms with Crippen LogP contribution in [-0.4, -0.2) is 19.4 Å². The zero-order valence-electron chi connectivity index (χ0n) is 5.97. The molecule has 0 rings (SSSR count). The van der Waals surface area contributed by atoms with Gasteiger partial charge in [-0.1, -0.05) is 0 Å². The molecule has 2 amide bonds. The molecule has 0 aromatic carbocycles. The van der Waals surface area contributed by atoms with E-state index in [-0.39, 0.29) is 5.91 Å². The minimum atomic E-state index is -0.385. The van der Waals surface area contributed by atoms with Crippen molar-refractivity contribution in [3.05, 3.63) is 11.8 Å². The zero-order valence-corrected chi connectivity index (χ0v) is 5.97. The van der Waals surface area contributed by atoms with Crippen molar-refractivity contribution in [2.24, 2.45) is 0 Å². The molecule has 0 aliphatic heterocycles. The largest absolute Gasteiger partial charge is 0.394 e. The number of hydrogen-bond donors (Lipinski definition) is 2. The Morgan fingerprint density at radius 3 is 2.50 bits per heavy atom. The summed E-state index contributed by atoms with van der Waals surface area (Å²) in [6.07, 6.45) is 1.87. The molecule has 0 saturated carbocycles. The summed E-state index contributed by atoms with van der Waals surface area (Å²) in [7, 11) is 1.68. The topological polar surface area (TPSA) is 58.2 Å². The van der Waals surface area contributed by atoms with Gasteiger partial charge >= 0.3 is 0 Å². The van der Waals surface area contributed by atoms with Crippen LogP contribution in [0.4, 0.5) is 0 Å². The van der Waals surface area contributed by atoms with Gasteiger partial charge in [-0.15, -0.1) is 0 Å². The van der Waals surface area contributed by atoms with Crippen LogP contribution in [0.5, 0.6) is 0 Å². The van der Waals surface area contributed by atoms with Crippen molar-refractivity contribution in [3.63, 3.8) is 0 Å². The van der Waals surface area contributed by atoms with Crippen molar-refractivity contribution in [3.8, 4) is 0 Å². The predicted octanol–water partition coefficient (Wildman–Crippen LogP) is -0.618. The van der Waals surface area contributed by atoms with E-state index in [2.05, 4.69) is 5.32 Å². The van der Waals surface area contributed by atoms with E-state index < -0.39 is 0 Å². The van der Waals surface area contributed by atoms with Crippen LogP contribution in [0.2, 0.25) is 0 Å². The summed E-state index contributed by atoms with van der Waals surface area (Å²) in [6.45, 7) is 1.61. The molecule has 0 aliphatic carbocycles. The van der Waals surface area contributed by atoms with Crippen molar-refractivity contribution < 1.29 is 9.59 Å². The van der Waals surface area contributed by atoms with E-state index in [1.54, 1.807) is 14.0 Å². The van der Waals surface area contributed by atoms with Gasteiger partial charge in [0.1, 0.15) is 0 Å². The van der Waals surface area contributed by atoms with Gasteiger partial charge in [-0.2, -0.15) is 0 Å². The first-order chi connectivity index (χ1) is 4.72. The predicted molar refractivity (Wildman–Crippen MR) is 37.0 cm³/mol. The first-order valence-electron chi connectivity index (χ1n) is 2.81. The third-order valence-corrected chi connectivity index (χ3v) is 0.909. The fourth-order valence-corrected chi connectivity index (χ4v) is 0.449. The van der Waals surface area contributed by atoms with Crippen LogP contribution in [-0.2, 0) is 9.59 Å². The molecule has 2 N–H and O–H groups in total. The molecule has 0 heterocycles. The van der Waals surface area contributed by atoms with Crippen molar-refractivity contribution in [2.45, 2.75) is 6.92 Å². The fourth-order valence-electron chi connectivity index (χ4n) is 0.449. The summed E-state index contributed by atoms with van der Waals surface area (Å²) in [5.41, 5.74) is 0.467. The summed E-state index contributed by atoms with van der Waals surface area (Å²) < 4.78 is 0. The average molecular weight is 142 g/mol. The van der Waals surface area contributed by atoms with Gasteiger partial charge in [-0.3, -0.25) is 14.9 Å². The lowest BCUT2D eigenvalue weighted by Gasteiger charge is -1.96. The number of carbonyl (C=O) groups is 2. The number of amides is 2. The third-order valence-electron chi connectivity index (χ3n) is 0.909. The second-order valence-electron chi connectivity index (χ2n) is 1.71. The van der Waals surface area contributed by atoms with E-state index in [0.29, 0.717) is 12.0 Å². The van der Waals surface area contributed by atoms with Gasteiger partial charge in [0.15, 0.2) is 0 Å². The molecule has 4 heteroatoms. The van der Waals surface area contributed by atoms with Crippen molar-refractivity contribution >= 4 is 12.3 Å². The second kappa shape index (κ2) is 4.55. The minimum Gasteiger partial charge on any atom is -0.394 e. The van der Waals surface area contributed by atoms with Crippen molar-refractivity contribution in [2.75, 3.05) is 7.05 Å². The lowest BCUT2D eigenvalue weighted by Crippen LogP contribution is -2.22. The molecule has 0 bridgehead atoms. The molecule has 0 aromatic rings. The van der Waals surface area contributed by atoms with Crippen molar-refractivity contribution in [1.29, 1.82) is 0 Å². The maximum atomic E-state index is 10.7. The number of nitrogens with one attached hydrogen (secondary N) is 2. The second-order valence-corrected chi connectivity index (χ2v) is 1.71. The van der Waals surface area contributed by atoms with Crippen LogP contribution < -0.4 is 10.6 Å². The Morgan fingerprint density at radius 2 is 2.10 bits per heavy atom. The smallest absolute Gasteiger partial charge is 0.254 e. The number of hydrogen-bond acceptors (Lipinski definition) is 3. The fraction of sp³-hybridized carbons (Fsp3) is 0.333. The molecule has 0 aliphatic rings. The van der Waals surface area contributed by atoms with Crippen LogP contribution in [0.3, 0.4) is 0 Å². The van der Waals surface area contributed by atoms with E-state index in [1.807, 2.05) is 5.32 Å². The SMILES string of the molecule is CN/C=C(/C)C(=O)NC=O. The van der Waals surface area contributed by atoms with Crippen LogP contribution in [0.15, 0.2) is 11.8 Å². The van der Waals surface area contributed by atoms with Gasteiger partial charge in [-0.25, -0.2) is 0 Å². The molecular weight excluding hydrogens is 132 g/mol.